The van der Waals surface area contributed by atoms with Crippen LogP contribution in [0.4, 0.5) is 10.1 Å². The third-order valence-corrected chi connectivity index (χ3v) is 9.44. The van der Waals surface area contributed by atoms with Gasteiger partial charge < -0.3 is 10.6 Å². The first-order valence-electron chi connectivity index (χ1n) is 13.8. The van der Waals surface area contributed by atoms with Crippen molar-refractivity contribution in [2.75, 3.05) is 5.32 Å². The molecular weight excluding hydrogens is 522 g/mol. The highest BCUT2D eigenvalue weighted by atomic mass is 35.5. The molecule has 2 aliphatic heterocycles. The van der Waals surface area contributed by atoms with Crippen LogP contribution in [-0.2, 0) is 15.0 Å². The second-order valence-corrected chi connectivity index (χ2v) is 13.7. The maximum Gasteiger partial charge on any atom is 0.237 e. The minimum absolute atomic E-state index is 0.0147. The molecule has 1 unspecified atom stereocenters. The molecule has 7 heteroatoms. The van der Waals surface area contributed by atoms with Crippen molar-refractivity contribution in [3.8, 4) is 0 Å². The minimum atomic E-state index is -1.19. The van der Waals surface area contributed by atoms with Gasteiger partial charge in [0, 0.05) is 29.1 Å². The van der Waals surface area contributed by atoms with Gasteiger partial charge in [-0.3, -0.25) is 9.59 Å². The number of fused-ring (bicyclic) bond motifs is 2. The maximum atomic E-state index is 15.8. The highest BCUT2D eigenvalue weighted by molar-refractivity contribution is 6.31. The molecule has 2 heterocycles. The summed E-state index contributed by atoms with van der Waals surface area (Å²) in [7, 11) is 0. The fourth-order valence-corrected chi connectivity index (χ4v) is 7.50. The number of nitrogens with one attached hydrogen (secondary N) is 2. The number of anilines is 1. The summed E-state index contributed by atoms with van der Waals surface area (Å²) in [5, 5.41) is 7.13. The molecule has 1 amide bonds. The van der Waals surface area contributed by atoms with Crippen molar-refractivity contribution in [2.45, 2.75) is 89.6 Å². The summed E-state index contributed by atoms with van der Waals surface area (Å²) < 4.78 is 15.8. The van der Waals surface area contributed by atoms with E-state index in [1.165, 1.54) is 6.07 Å². The van der Waals surface area contributed by atoms with Gasteiger partial charge in [0.1, 0.15) is 11.2 Å². The van der Waals surface area contributed by atoms with Gasteiger partial charge in [-0.1, -0.05) is 81.9 Å². The lowest BCUT2D eigenvalue weighted by Crippen LogP contribution is -2.49. The van der Waals surface area contributed by atoms with Gasteiger partial charge >= 0.3 is 0 Å². The van der Waals surface area contributed by atoms with Crippen LogP contribution in [0.1, 0.15) is 83.3 Å². The number of hydrogen-bond donors (Lipinski definition) is 2. The number of halogens is 3. The molecule has 0 aromatic heterocycles. The van der Waals surface area contributed by atoms with Crippen molar-refractivity contribution >= 4 is 40.6 Å². The normalized spacial score (nSPS) is 30.9. The SMILES string of the molecule is CC1CCC(CC(=O)C2N[C@@H](CC(C)(C)C)[C@@]3(C(=O)Nc4cc(Cl)ccc43)[C@H]2c2cccc(Cl)c2F)CC1. The summed E-state index contributed by atoms with van der Waals surface area (Å²) in [6.07, 6.45) is 5.33. The lowest BCUT2D eigenvalue weighted by atomic mass is 9.62. The lowest BCUT2D eigenvalue weighted by Gasteiger charge is -2.38. The van der Waals surface area contributed by atoms with Crippen LogP contribution in [0.2, 0.25) is 10.0 Å². The third kappa shape index (κ3) is 4.80. The van der Waals surface area contributed by atoms with Gasteiger partial charge in [-0.15, -0.1) is 0 Å². The van der Waals surface area contributed by atoms with E-state index in [0.717, 1.165) is 31.2 Å². The van der Waals surface area contributed by atoms with Crippen LogP contribution in [0.5, 0.6) is 0 Å². The van der Waals surface area contributed by atoms with Gasteiger partial charge in [-0.05, 0) is 65.8 Å². The first kappa shape index (κ1) is 27.6. The van der Waals surface area contributed by atoms with Crippen molar-refractivity contribution in [3.05, 3.63) is 63.4 Å². The smallest absolute Gasteiger partial charge is 0.237 e. The Morgan fingerprint density at radius 1 is 1.11 bits per heavy atom. The van der Waals surface area contributed by atoms with E-state index in [1.54, 1.807) is 24.3 Å². The monoisotopic (exact) mass is 558 g/mol. The standard InChI is InChI=1S/C31H37Cl2FN2O2/c1-17-8-10-18(11-9-17)14-24(37)28-26(20-6-5-7-22(33)27(20)34)31(25(36-28)16-30(2,3)4)21-13-12-19(32)15-23(21)35-29(31)38/h5-7,12-13,15,17-18,25-26,28,36H,8-11,14,16H2,1-4H3,(H,35,38)/t17?,18?,25-,26-,28?,31+/m0/s1. The van der Waals surface area contributed by atoms with Crippen molar-refractivity contribution in [2.24, 2.45) is 17.3 Å². The number of carbonyl (C=O) groups excluding carboxylic acids is 2. The summed E-state index contributed by atoms with van der Waals surface area (Å²) in [6.45, 7) is 8.61. The van der Waals surface area contributed by atoms with E-state index in [1.807, 2.05) is 6.07 Å². The van der Waals surface area contributed by atoms with Crippen LogP contribution >= 0.6 is 23.2 Å². The summed E-state index contributed by atoms with van der Waals surface area (Å²) in [6, 6.07) is 9.13. The second-order valence-electron chi connectivity index (χ2n) is 12.9. The molecule has 2 aromatic rings. The van der Waals surface area contributed by atoms with E-state index in [2.05, 4.69) is 38.3 Å². The van der Waals surface area contributed by atoms with Crippen molar-refractivity contribution in [3.63, 3.8) is 0 Å². The van der Waals surface area contributed by atoms with Gasteiger partial charge in [0.25, 0.3) is 0 Å². The van der Waals surface area contributed by atoms with E-state index < -0.39 is 29.2 Å². The van der Waals surface area contributed by atoms with Crippen LogP contribution in [-0.4, -0.2) is 23.8 Å². The Kier molecular flexibility index (Phi) is 7.43. The molecule has 2 fully saturated rings. The van der Waals surface area contributed by atoms with Crippen LogP contribution in [0.3, 0.4) is 0 Å². The fourth-order valence-electron chi connectivity index (χ4n) is 7.15. The molecule has 0 radical (unpaired) electrons. The quantitative estimate of drug-likeness (QED) is 0.395. The Morgan fingerprint density at radius 2 is 1.82 bits per heavy atom. The van der Waals surface area contributed by atoms with E-state index in [9.17, 15) is 9.59 Å². The van der Waals surface area contributed by atoms with Gasteiger partial charge in [-0.25, -0.2) is 4.39 Å². The molecule has 1 saturated heterocycles. The predicted molar refractivity (Wildman–Crippen MR) is 151 cm³/mol. The first-order valence-corrected chi connectivity index (χ1v) is 14.5. The molecule has 5 rings (SSSR count). The van der Waals surface area contributed by atoms with Crippen LogP contribution in [0.25, 0.3) is 0 Å². The van der Waals surface area contributed by atoms with Crippen molar-refractivity contribution < 1.29 is 14.0 Å². The fraction of sp³-hybridized carbons (Fsp3) is 0.548. The average Bonchev–Trinajstić information content (AvgIpc) is 3.31. The number of carbonyl (C=O) groups is 2. The van der Waals surface area contributed by atoms with E-state index in [0.29, 0.717) is 41.0 Å². The topological polar surface area (TPSA) is 58.2 Å². The van der Waals surface area contributed by atoms with Gasteiger partial charge in [0.15, 0.2) is 5.78 Å². The highest BCUT2D eigenvalue weighted by Gasteiger charge is 2.66. The predicted octanol–water partition coefficient (Wildman–Crippen LogP) is 7.67. The molecule has 204 valence electrons. The Labute approximate surface area is 235 Å². The molecule has 2 aromatic carbocycles. The number of benzene rings is 2. The number of hydrogen-bond acceptors (Lipinski definition) is 3. The molecule has 4 nitrogen and oxygen atoms in total. The van der Waals surface area contributed by atoms with Crippen LogP contribution < -0.4 is 10.6 Å². The van der Waals surface area contributed by atoms with Gasteiger partial charge in [-0.2, -0.15) is 0 Å². The number of Topliss-reactive ketones (excluding diaryl/α,β-unsaturated/α-hetero) is 1. The number of rotatable bonds is 5. The first-order chi connectivity index (χ1) is 17.9. The molecule has 4 atom stereocenters. The van der Waals surface area contributed by atoms with E-state index in [4.69, 9.17) is 23.2 Å². The molecule has 38 heavy (non-hydrogen) atoms. The Morgan fingerprint density at radius 3 is 2.50 bits per heavy atom. The molecule has 1 saturated carbocycles. The number of ketones is 1. The van der Waals surface area contributed by atoms with Crippen LogP contribution in [0.15, 0.2) is 36.4 Å². The molecule has 1 aliphatic carbocycles. The zero-order valence-electron chi connectivity index (χ0n) is 22.5. The largest absolute Gasteiger partial charge is 0.325 e. The lowest BCUT2D eigenvalue weighted by molar-refractivity contribution is -0.123. The maximum absolute atomic E-state index is 15.8. The molecule has 2 N–H and O–H groups in total. The third-order valence-electron chi connectivity index (χ3n) is 8.91. The highest BCUT2D eigenvalue weighted by Crippen LogP contribution is 2.57. The van der Waals surface area contributed by atoms with E-state index >= 15 is 4.39 Å². The summed E-state index contributed by atoms with van der Waals surface area (Å²) in [5.74, 6) is -0.527. The average molecular weight is 560 g/mol. The Bertz CT molecular complexity index is 1250. The summed E-state index contributed by atoms with van der Waals surface area (Å²) in [4.78, 5) is 28.3. The molecule has 3 aliphatic rings. The molecular formula is C31H37Cl2FN2O2. The van der Waals surface area contributed by atoms with Crippen molar-refractivity contribution in [1.82, 2.24) is 5.32 Å². The summed E-state index contributed by atoms with van der Waals surface area (Å²) in [5.41, 5.74) is 0.314. The second kappa shape index (κ2) is 10.2. The molecule has 0 bridgehead atoms. The Hall–Kier alpha value is -1.95. The zero-order valence-corrected chi connectivity index (χ0v) is 24.1. The minimum Gasteiger partial charge on any atom is -0.325 e. The van der Waals surface area contributed by atoms with Gasteiger partial charge in [0.05, 0.1) is 11.1 Å². The number of amides is 1. The van der Waals surface area contributed by atoms with E-state index in [-0.39, 0.29) is 22.1 Å². The zero-order chi connectivity index (χ0) is 27.4. The van der Waals surface area contributed by atoms with Crippen molar-refractivity contribution in [1.29, 1.82) is 0 Å². The summed E-state index contributed by atoms with van der Waals surface area (Å²) >= 11 is 12.6. The molecule has 1 spiro atoms. The van der Waals surface area contributed by atoms with Gasteiger partial charge in [0.2, 0.25) is 5.91 Å². The Balaban J connectivity index is 1.67. The van der Waals surface area contributed by atoms with Crippen LogP contribution in [0, 0.1) is 23.1 Å².